The van der Waals surface area contributed by atoms with Crippen molar-refractivity contribution in [2.75, 3.05) is 89.9 Å². The molecule has 0 fully saturated rings. The number of hydrogen-bond donors (Lipinski definition) is 6. The van der Waals surface area contributed by atoms with Crippen LogP contribution in [-0.4, -0.2) is 97.7 Å². The molecular weight excluding hydrogens is 735 g/mol. The summed E-state index contributed by atoms with van der Waals surface area (Å²) >= 11 is 0. The average Bonchev–Trinajstić information content (AvgIpc) is 3.91. The number of nitrogens with one attached hydrogen (secondary N) is 4. The highest BCUT2D eigenvalue weighted by atomic mass is 16.3. The minimum atomic E-state index is -0.0968. The number of nitrogens with zero attached hydrogens (tertiary/aromatic N) is 15. The molecule has 6 aromatic heterocycles. The van der Waals surface area contributed by atoms with Crippen LogP contribution in [0.15, 0.2) is 56.2 Å². The van der Waals surface area contributed by atoms with Crippen LogP contribution >= 0.6 is 0 Å². The topological polar surface area (TPSA) is 284 Å². The van der Waals surface area contributed by atoms with Gasteiger partial charge in [0.1, 0.15) is 11.5 Å². The van der Waals surface area contributed by atoms with Crippen molar-refractivity contribution in [1.82, 2.24) is 55.4 Å². The SMILES string of the molecule is Cc1c[nH]cc1CCNc1nc(NN(CCc2ccoc2C)c2nc(N)nc(N=NNN(CCc3ccoc3C)c3nc(N)nc(N(C)C)n3)n2)nc(N(C)C)n1. The third kappa shape index (κ3) is 10.5. The molecule has 0 saturated heterocycles. The van der Waals surface area contributed by atoms with Gasteiger partial charge in [0.2, 0.25) is 35.7 Å². The summed E-state index contributed by atoms with van der Waals surface area (Å²) in [4.78, 5) is 46.8. The van der Waals surface area contributed by atoms with Gasteiger partial charge in [0.05, 0.1) is 12.5 Å². The lowest BCUT2D eigenvalue weighted by Gasteiger charge is -2.24. The molecule has 8 N–H and O–H groups in total. The normalized spacial score (nSPS) is 11.2. The van der Waals surface area contributed by atoms with Crippen molar-refractivity contribution in [2.24, 2.45) is 10.3 Å². The maximum Gasteiger partial charge on any atom is 0.277 e. The van der Waals surface area contributed by atoms with Crippen LogP contribution in [0.3, 0.4) is 0 Å². The van der Waals surface area contributed by atoms with E-state index in [0.717, 1.165) is 29.1 Å². The van der Waals surface area contributed by atoms with E-state index in [1.165, 1.54) is 11.1 Å². The highest BCUT2D eigenvalue weighted by molar-refractivity contribution is 5.49. The van der Waals surface area contributed by atoms with E-state index in [-0.39, 0.29) is 35.7 Å². The molecule has 0 aliphatic heterocycles. The number of nitrogens with two attached hydrogens (primary N) is 2. The van der Waals surface area contributed by atoms with Crippen molar-refractivity contribution in [3.63, 3.8) is 0 Å². The molecular formula is C34H47N21O2. The third-order valence-corrected chi connectivity index (χ3v) is 8.59. The average molecular weight is 782 g/mol. The summed E-state index contributed by atoms with van der Waals surface area (Å²) in [6, 6.07) is 3.80. The van der Waals surface area contributed by atoms with Gasteiger partial charge in [-0.3, -0.25) is 10.4 Å². The molecule has 23 nitrogen and oxygen atoms in total. The van der Waals surface area contributed by atoms with Crippen LogP contribution in [0.1, 0.15) is 33.8 Å². The molecule has 0 atom stereocenters. The monoisotopic (exact) mass is 781 g/mol. The summed E-state index contributed by atoms with van der Waals surface area (Å²) in [5.41, 5.74) is 22.8. The number of rotatable bonds is 19. The van der Waals surface area contributed by atoms with Gasteiger partial charge in [0.25, 0.3) is 17.8 Å². The van der Waals surface area contributed by atoms with E-state index < -0.39 is 0 Å². The zero-order chi connectivity index (χ0) is 40.5. The minimum Gasteiger partial charge on any atom is -0.469 e. The predicted octanol–water partition coefficient (Wildman–Crippen LogP) is 2.96. The Bertz CT molecular complexity index is 2260. The lowest BCUT2D eigenvalue weighted by molar-refractivity contribution is 0.527. The molecule has 0 saturated carbocycles. The van der Waals surface area contributed by atoms with Crippen LogP contribution in [-0.2, 0) is 19.3 Å². The maximum absolute atomic E-state index is 6.22. The molecule has 0 aliphatic carbocycles. The van der Waals surface area contributed by atoms with Gasteiger partial charge in [-0.25, -0.2) is 5.01 Å². The van der Waals surface area contributed by atoms with Gasteiger partial charge in [-0.15, -0.1) is 0 Å². The first-order valence-corrected chi connectivity index (χ1v) is 18.0. The van der Waals surface area contributed by atoms with Crippen molar-refractivity contribution in [1.29, 1.82) is 0 Å². The third-order valence-electron chi connectivity index (χ3n) is 8.59. The molecule has 57 heavy (non-hydrogen) atoms. The minimum absolute atomic E-state index is 0.0330. The fraction of sp³-hybridized carbons (Fsp3) is 0.382. The second-order valence-corrected chi connectivity index (χ2v) is 13.2. The molecule has 23 heteroatoms. The van der Waals surface area contributed by atoms with Gasteiger partial charge < -0.3 is 40.4 Å². The Kier molecular flexibility index (Phi) is 12.3. The van der Waals surface area contributed by atoms with Crippen LogP contribution in [0, 0.1) is 20.8 Å². The second-order valence-electron chi connectivity index (χ2n) is 13.2. The maximum atomic E-state index is 6.22. The Morgan fingerprint density at radius 1 is 0.649 bits per heavy atom. The summed E-state index contributed by atoms with van der Waals surface area (Å²) in [5.74, 6) is 3.19. The molecule has 0 spiro atoms. The molecule has 0 unspecified atom stereocenters. The number of anilines is 8. The smallest absolute Gasteiger partial charge is 0.277 e. The Morgan fingerprint density at radius 2 is 1.25 bits per heavy atom. The summed E-state index contributed by atoms with van der Waals surface area (Å²) in [7, 11) is 7.29. The van der Waals surface area contributed by atoms with Gasteiger partial charge in [0, 0.05) is 60.2 Å². The summed E-state index contributed by atoms with van der Waals surface area (Å²) in [6.45, 7) is 7.14. The lowest BCUT2D eigenvalue weighted by Crippen LogP contribution is -2.38. The molecule has 0 amide bonds. The fourth-order valence-electron chi connectivity index (χ4n) is 5.42. The van der Waals surface area contributed by atoms with Gasteiger partial charge in [0.15, 0.2) is 0 Å². The number of aromatic amines is 1. The van der Waals surface area contributed by atoms with Gasteiger partial charge >= 0.3 is 0 Å². The van der Waals surface area contributed by atoms with Crippen LogP contribution < -0.4 is 47.6 Å². The number of furan rings is 2. The highest BCUT2D eigenvalue weighted by Crippen LogP contribution is 2.20. The van der Waals surface area contributed by atoms with E-state index in [9.17, 15) is 0 Å². The largest absolute Gasteiger partial charge is 0.469 e. The Morgan fingerprint density at radius 3 is 1.86 bits per heavy atom. The van der Waals surface area contributed by atoms with Crippen molar-refractivity contribution in [3.8, 4) is 0 Å². The zero-order valence-corrected chi connectivity index (χ0v) is 32.9. The van der Waals surface area contributed by atoms with Gasteiger partial charge in [-0.1, -0.05) is 5.11 Å². The van der Waals surface area contributed by atoms with Crippen molar-refractivity contribution >= 4 is 53.5 Å². The molecule has 0 aliphatic rings. The number of nitrogen functional groups attached to an aromatic ring is 2. The number of aromatic nitrogens is 10. The van der Waals surface area contributed by atoms with E-state index in [4.69, 9.17) is 20.3 Å². The predicted molar refractivity (Wildman–Crippen MR) is 215 cm³/mol. The molecule has 0 radical (unpaired) electrons. The summed E-state index contributed by atoms with van der Waals surface area (Å²) in [5, 5.41) is 14.9. The second kappa shape index (κ2) is 17.9. The Hall–Kier alpha value is -7.33. The molecule has 6 aromatic rings. The summed E-state index contributed by atoms with van der Waals surface area (Å²) in [6.07, 6.45) is 9.11. The van der Waals surface area contributed by atoms with E-state index in [1.54, 1.807) is 46.4 Å². The summed E-state index contributed by atoms with van der Waals surface area (Å²) < 4.78 is 11.0. The van der Waals surface area contributed by atoms with Crippen LogP contribution in [0.2, 0.25) is 0 Å². The van der Waals surface area contributed by atoms with E-state index in [0.29, 0.717) is 50.3 Å². The fourth-order valence-corrected chi connectivity index (χ4v) is 5.42. The quantitative estimate of drug-likeness (QED) is 0.0509. The van der Waals surface area contributed by atoms with Gasteiger partial charge in [-0.2, -0.15) is 50.4 Å². The van der Waals surface area contributed by atoms with E-state index in [2.05, 4.69) is 83.4 Å². The molecule has 0 aromatic carbocycles. The first kappa shape index (κ1) is 39.4. The number of hydrogen-bond acceptors (Lipinski definition) is 21. The number of hydrazine groups is 2. The first-order valence-electron chi connectivity index (χ1n) is 18.0. The standard InChI is InChI=1S/C34H47N21O2/c1-20-18-37-19-25(20)8-13-38-28-43-30(46-32(44-28)53(6)7)49-54(14-9-23-11-16-56-21(23)2)33-41-26(35)39-29(45-33)48-50-51-55(15-10-24-12-17-57-22(24)3)34-42-27(36)40-31(47-34)52(4)5/h11-12,16-19,37H,8-10,13-15H2,1-7H3,(H2,36,40,42,47)(H2,38,43,44,46,49)(H3,35,39,41,45,48,51). The number of H-pyrrole nitrogens is 1. The molecule has 0 bridgehead atoms. The van der Waals surface area contributed by atoms with Gasteiger partial charge in [-0.05, 0) is 79.6 Å². The van der Waals surface area contributed by atoms with Crippen LogP contribution in [0.25, 0.3) is 0 Å². The van der Waals surface area contributed by atoms with E-state index >= 15 is 0 Å². The van der Waals surface area contributed by atoms with E-state index in [1.807, 2.05) is 52.5 Å². The lowest BCUT2D eigenvalue weighted by atomic mass is 10.1. The van der Waals surface area contributed by atoms with Crippen LogP contribution in [0.4, 0.5) is 53.5 Å². The highest BCUT2D eigenvalue weighted by Gasteiger charge is 2.19. The zero-order valence-electron chi connectivity index (χ0n) is 32.9. The van der Waals surface area contributed by atoms with Crippen molar-refractivity contribution < 1.29 is 8.83 Å². The molecule has 6 heterocycles. The van der Waals surface area contributed by atoms with Crippen molar-refractivity contribution in [3.05, 3.63) is 70.8 Å². The molecule has 300 valence electrons. The Labute approximate surface area is 328 Å². The first-order chi connectivity index (χ1) is 27.4. The van der Waals surface area contributed by atoms with Crippen molar-refractivity contribution in [2.45, 2.75) is 40.0 Å². The number of aryl methyl sites for hydroxylation is 3. The Balaban J connectivity index is 1.26. The molecule has 6 rings (SSSR count). The van der Waals surface area contributed by atoms with Crippen LogP contribution in [0.5, 0.6) is 0 Å².